The number of hydrogen-bond donors (Lipinski definition) is 1. The van der Waals surface area contributed by atoms with Gasteiger partial charge in [-0.05, 0) is 67.7 Å². The molecule has 1 amide bonds. The Morgan fingerprint density at radius 2 is 2.25 bits per heavy atom. The van der Waals surface area contributed by atoms with Crippen molar-refractivity contribution in [2.75, 3.05) is 20.3 Å². The van der Waals surface area contributed by atoms with E-state index in [-0.39, 0.29) is 29.5 Å². The van der Waals surface area contributed by atoms with Crippen LogP contribution in [0.2, 0.25) is 0 Å². The number of hydrogen-bond acceptors (Lipinski definition) is 6. The van der Waals surface area contributed by atoms with E-state index in [0.29, 0.717) is 18.0 Å². The van der Waals surface area contributed by atoms with Crippen molar-refractivity contribution >= 4 is 11.9 Å². The molecule has 2 fully saturated rings. The van der Waals surface area contributed by atoms with E-state index in [4.69, 9.17) is 20.2 Å². The lowest BCUT2D eigenvalue weighted by Crippen LogP contribution is -2.54. The van der Waals surface area contributed by atoms with E-state index in [2.05, 4.69) is 13.0 Å². The van der Waals surface area contributed by atoms with Gasteiger partial charge >= 0.3 is 0 Å². The number of ether oxygens (including phenoxy) is 2. The molecule has 0 radical (unpaired) electrons. The first-order chi connectivity index (χ1) is 15.5. The normalized spacial score (nSPS) is 36.0. The molecule has 7 nitrogen and oxygen atoms in total. The standard InChI is InChI=1S/C25H32N4O3/c1-3-17-12-24(9-8-21(17)31-2)13-18-7-6-16(14-26)11-20(18)25(24)22(30)29(23(27)28-25)15-19-5-4-10-32-19/h6-7,11,17,19,21H,3-5,8-10,12-13,15H2,1-2H3,(H2,27,28)/t17-,19+,21-,24-,25+/m0/s1. The van der Waals surface area contributed by atoms with E-state index in [1.807, 2.05) is 18.2 Å². The molecular weight excluding hydrogens is 404 g/mol. The highest BCUT2D eigenvalue weighted by Crippen LogP contribution is 2.63. The Labute approximate surface area is 189 Å². The van der Waals surface area contributed by atoms with Crippen molar-refractivity contribution in [1.29, 1.82) is 5.26 Å². The Morgan fingerprint density at radius 3 is 2.94 bits per heavy atom. The monoisotopic (exact) mass is 436 g/mol. The van der Waals surface area contributed by atoms with Gasteiger partial charge in [-0.2, -0.15) is 5.26 Å². The number of fused-ring (bicyclic) bond motifs is 3. The lowest BCUT2D eigenvalue weighted by atomic mass is 9.58. The van der Waals surface area contributed by atoms with Gasteiger partial charge in [0, 0.05) is 19.1 Å². The predicted octanol–water partition coefficient (Wildman–Crippen LogP) is 2.86. The molecule has 4 aliphatic rings. The van der Waals surface area contributed by atoms with Gasteiger partial charge in [0.15, 0.2) is 11.5 Å². The summed E-state index contributed by atoms with van der Waals surface area (Å²) >= 11 is 0. The maximum atomic E-state index is 14.3. The van der Waals surface area contributed by atoms with Crippen molar-refractivity contribution in [3.05, 3.63) is 34.9 Å². The van der Waals surface area contributed by atoms with Gasteiger partial charge in [0.25, 0.3) is 5.91 Å². The quantitative estimate of drug-likeness (QED) is 0.782. The average Bonchev–Trinajstić information content (AvgIpc) is 3.48. The summed E-state index contributed by atoms with van der Waals surface area (Å²) in [6.45, 7) is 3.36. The Hall–Kier alpha value is -2.43. The second-order valence-electron chi connectivity index (χ2n) is 9.86. The van der Waals surface area contributed by atoms with Crippen molar-refractivity contribution in [2.45, 2.75) is 69.6 Å². The zero-order chi connectivity index (χ0) is 22.5. The molecule has 2 heterocycles. The minimum absolute atomic E-state index is 0.00210. The van der Waals surface area contributed by atoms with Crippen LogP contribution in [-0.4, -0.2) is 49.2 Å². The summed E-state index contributed by atoms with van der Waals surface area (Å²) in [6.07, 6.45) is 6.48. The van der Waals surface area contributed by atoms with Crippen LogP contribution in [0.3, 0.4) is 0 Å². The van der Waals surface area contributed by atoms with E-state index in [1.54, 1.807) is 12.0 Å². The number of rotatable bonds is 4. The highest BCUT2D eigenvalue weighted by molar-refractivity contribution is 6.08. The number of nitrogens with zero attached hydrogens (tertiary/aromatic N) is 3. The molecule has 1 saturated heterocycles. The topological polar surface area (TPSA) is 101 Å². The van der Waals surface area contributed by atoms with Crippen molar-refractivity contribution in [2.24, 2.45) is 22.1 Å². The molecular formula is C25H32N4O3. The molecule has 2 N–H and O–H groups in total. The Morgan fingerprint density at radius 1 is 1.41 bits per heavy atom. The van der Waals surface area contributed by atoms with Crippen LogP contribution in [0.15, 0.2) is 23.2 Å². The second-order valence-corrected chi connectivity index (χ2v) is 9.86. The lowest BCUT2D eigenvalue weighted by Gasteiger charge is -2.48. The number of amides is 1. The number of methoxy groups -OCH3 is 1. The maximum absolute atomic E-state index is 14.3. The first-order valence-electron chi connectivity index (χ1n) is 11.8. The number of guanidine groups is 1. The molecule has 32 heavy (non-hydrogen) atoms. The van der Waals surface area contributed by atoms with E-state index < -0.39 is 5.54 Å². The summed E-state index contributed by atoms with van der Waals surface area (Å²) in [5, 5.41) is 9.57. The van der Waals surface area contributed by atoms with Crippen LogP contribution in [0.4, 0.5) is 0 Å². The summed E-state index contributed by atoms with van der Waals surface area (Å²) in [7, 11) is 1.78. The molecule has 5 rings (SSSR count). The van der Waals surface area contributed by atoms with Gasteiger partial charge in [0.05, 0.1) is 30.4 Å². The van der Waals surface area contributed by atoms with Gasteiger partial charge in [-0.1, -0.05) is 19.4 Å². The molecule has 7 heteroatoms. The fraction of sp³-hybridized carbons (Fsp3) is 0.640. The summed E-state index contributed by atoms with van der Waals surface area (Å²) in [5.41, 5.74) is 7.56. The molecule has 1 saturated carbocycles. The van der Waals surface area contributed by atoms with Crippen LogP contribution < -0.4 is 5.73 Å². The van der Waals surface area contributed by atoms with Crippen LogP contribution in [0.25, 0.3) is 0 Å². The Bertz CT molecular complexity index is 995. The molecule has 0 aromatic heterocycles. The van der Waals surface area contributed by atoms with Crippen LogP contribution >= 0.6 is 0 Å². The minimum Gasteiger partial charge on any atom is -0.381 e. The van der Waals surface area contributed by atoms with E-state index in [9.17, 15) is 10.1 Å². The fourth-order valence-electron chi connectivity index (χ4n) is 6.78. The average molecular weight is 437 g/mol. The zero-order valence-electron chi connectivity index (χ0n) is 19.0. The number of nitrogens with two attached hydrogens (primary N) is 1. The maximum Gasteiger partial charge on any atom is 0.262 e. The number of carbonyl (C=O) groups excluding carboxylic acids is 1. The Kier molecular flexibility index (Phi) is 5.26. The zero-order valence-corrected chi connectivity index (χ0v) is 19.0. The fourth-order valence-corrected chi connectivity index (χ4v) is 6.78. The molecule has 2 spiro atoms. The highest BCUT2D eigenvalue weighted by Gasteiger charge is 2.67. The van der Waals surface area contributed by atoms with Crippen molar-refractivity contribution in [1.82, 2.24) is 4.90 Å². The summed E-state index contributed by atoms with van der Waals surface area (Å²) < 4.78 is 11.6. The summed E-state index contributed by atoms with van der Waals surface area (Å²) in [5.74, 6) is 0.582. The van der Waals surface area contributed by atoms with Gasteiger partial charge in [0.1, 0.15) is 0 Å². The Balaban J connectivity index is 1.61. The van der Waals surface area contributed by atoms with E-state index in [0.717, 1.165) is 62.7 Å². The van der Waals surface area contributed by atoms with Crippen LogP contribution in [0.1, 0.15) is 62.1 Å². The number of nitriles is 1. The number of aliphatic imine (C=N–C) groups is 1. The van der Waals surface area contributed by atoms with E-state index in [1.165, 1.54) is 0 Å². The van der Waals surface area contributed by atoms with Crippen molar-refractivity contribution < 1.29 is 14.3 Å². The first-order valence-corrected chi connectivity index (χ1v) is 11.8. The molecule has 0 unspecified atom stereocenters. The summed E-state index contributed by atoms with van der Waals surface area (Å²) in [4.78, 5) is 20.9. The second kappa shape index (κ2) is 7.86. The summed E-state index contributed by atoms with van der Waals surface area (Å²) in [6, 6.07) is 7.97. The van der Waals surface area contributed by atoms with Crippen molar-refractivity contribution in [3.63, 3.8) is 0 Å². The van der Waals surface area contributed by atoms with Gasteiger partial charge < -0.3 is 15.2 Å². The largest absolute Gasteiger partial charge is 0.381 e. The van der Waals surface area contributed by atoms with Crippen LogP contribution in [-0.2, 0) is 26.2 Å². The third-order valence-electron chi connectivity index (χ3n) is 8.36. The molecule has 1 aromatic carbocycles. The molecule has 0 bridgehead atoms. The third kappa shape index (κ3) is 2.93. The molecule has 2 aliphatic heterocycles. The van der Waals surface area contributed by atoms with E-state index >= 15 is 0 Å². The van der Waals surface area contributed by atoms with Crippen molar-refractivity contribution in [3.8, 4) is 6.07 Å². The van der Waals surface area contributed by atoms with Crippen LogP contribution in [0.5, 0.6) is 0 Å². The van der Waals surface area contributed by atoms with Gasteiger partial charge in [0.2, 0.25) is 0 Å². The molecule has 170 valence electrons. The number of benzene rings is 1. The SMILES string of the molecule is CC[C@H]1C[C@@]2(CC[C@@H]1OC)Cc1ccc(C#N)cc1[C@]21N=C(N)N(C[C@H]2CCCO2)C1=O. The minimum atomic E-state index is -1.07. The predicted molar refractivity (Wildman–Crippen MR) is 120 cm³/mol. The van der Waals surface area contributed by atoms with Gasteiger partial charge in [-0.25, -0.2) is 4.99 Å². The molecule has 2 aliphatic carbocycles. The first kappa shape index (κ1) is 21.4. The molecule has 5 atom stereocenters. The lowest BCUT2D eigenvalue weighted by molar-refractivity contribution is -0.141. The van der Waals surface area contributed by atoms with Gasteiger partial charge in [-0.15, -0.1) is 0 Å². The number of carbonyl (C=O) groups is 1. The smallest absolute Gasteiger partial charge is 0.262 e. The van der Waals surface area contributed by atoms with Gasteiger partial charge in [-0.3, -0.25) is 9.69 Å². The van der Waals surface area contributed by atoms with Crippen LogP contribution in [0, 0.1) is 22.7 Å². The highest BCUT2D eigenvalue weighted by atomic mass is 16.5. The third-order valence-corrected chi connectivity index (χ3v) is 8.36. The molecule has 1 aromatic rings.